The Balaban J connectivity index is 1.38. The summed E-state index contributed by atoms with van der Waals surface area (Å²) >= 11 is 0. The number of halogens is 6. The molecule has 5 nitrogen and oxygen atoms in total. The van der Waals surface area contributed by atoms with E-state index in [0.717, 1.165) is 28.3 Å². The average molecular weight is 848 g/mol. The maximum Gasteiger partial charge on any atom is 0.417 e. The summed E-state index contributed by atoms with van der Waals surface area (Å²) in [6, 6.07) is 50.1. The van der Waals surface area contributed by atoms with Gasteiger partial charge in [-0.3, -0.25) is 0 Å². The molecule has 0 atom stereocenters. The van der Waals surface area contributed by atoms with Gasteiger partial charge in [0.25, 0.3) is 0 Å². The Kier molecular flexibility index (Phi) is 9.14. The average Bonchev–Trinajstić information content (AvgIpc) is 3.82. The van der Waals surface area contributed by atoms with Crippen molar-refractivity contribution < 1.29 is 26.3 Å². The smallest absolute Gasteiger partial charge is 0.308 e. The van der Waals surface area contributed by atoms with Gasteiger partial charge in [-0.05, 0) is 107 Å². The van der Waals surface area contributed by atoms with E-state index in [1.807, 2.05) is 36.4 Å². The Morgan fingerprint density at radius 2 is 0.734 bits per heavy atom. The highest BCUT2D eigenvalue weighted by Crippen LogP contribution is 2.51. The number of hydrogen-bond donors (Lipinski definition) is 0. The van der Waals surface area contributed by atoms with Crippen LogP contribution in [0.5, 0.6) is 0 Å². The molecule has 10 aromatic rings. The minimum Gasteiger partial charge on any atom is -0.308 e. The zero-order valence-corrected chi connectivity index (χ0v) is 33.1. The lowest BCUT2D eigenvalue weighted by molar-refractivity contribution is -0.142. The first-order chi connectivity index (χ1) is 30.9. The van der Waals surface area contributed by atoms with Crippen LogP contribution in [0, 0.1) is 34.0 Å². The van der Waals surface area contributed by atoms with Crippen LogP contribution in [-0.2, 0) is 12.4 Å². The number of nitriles is 3. The summed E-state index contributed by atoms with van der Waals surface area (Å²) in [4.78, 5) is 0. The zero-order chi connectivity index (χ0) is 44.5. The van der Waals surface area contributed by atoms with Crippen LogP contribution in [-0.4, -0.2) is 9.13 Å². The van der Waals surface area contributed by atoms with Gasteiger partial charge < -0.3 is 9.13 Å². The molecule has 8 aromatic carbocycles. The molecule has 0 spiro atoms. The molecule has 0 aliphatic carbocycles. The maximum atomic E-state index is 15.5. The molecule has 2 aromatic heterocycles. The zero-order valence-electron chi connectivity index (χ0n) is 33.1. The molecule has 0 saturated heterocycles. The van der Waals surface area contributed by atoms with Gasteiger partial charge in [0.15, 0.2) is 0 Å². The molecule has 0 fully saturated rings. The second-order valence-electron chi connectivity index (χ2n) is 15.3. The first-order valence-electron chi connectivity index (χ1n) is 19.8. The van der Waals surface area contributed by atoms with Gasteiger partial charge in [0, 0.05) is 32.7 Å². The van der Waals surface area contributed by atoms with E-state index in [2.05, 4.69) is 18.2 Å². The van der Waals surface area contributed by atoms with Crippen molar-refractivity contribution in [3.05, 3.63) is 192 Å². The van der Waals surface area contributed by atoms with Gasteiger partial charge >= 0.3 is 12.4 Å². The summed E-state index contributed by atoms with van der Waals surface area (Å²) in [5.41, 5.74) is 0.926. The van der Waals surface area contributed by atoms with E-state index in [4.69, 9.17) is 0 Å². The third-order valence-electron chi connectivity index (χ3n) is 11.6. The van der Waals surface area contributed by atoms with Crippen molar-refractivity contribution in [2.75, 3.05) is 0 Å². The lowest BCUT2D eigenvalue weighted by Crippen LogP contribution is -2.16. The number of para-hydroxylation sites is 2. The van der Waals surface area contributed by atoms with Gasteiger partial charge in [-0.25, -0.2) is 0 Å². The topological polar surface area (TPSA) is 81.2 Å². The van der Waals surface area contributed by atoms with Crippen LogP contribution in [0.2, 0.25) is 0 Å². The summed E-state index contributed by atoms with van der Waals surface area (Å²) in [6.45, 7) is 0. The Morgan fingerprint density at radius 1 is 0.344 bits per heavy atom. The lowest BCUT2D eigenvalue weighted by Gasteiger charge is -2.25. The molecule has 10 rings (SSSR count). The molecule has 306 valence electrons. The molecule has 0 saturated carbocycles. The number of alkyl halides is 6. The van der Waals surface area contributed by atoms with E-state index in [0.29, 0.717) is 66.9 Å². The van der Waals surface area contributed by atoms with Crippen LogP contribution in [0.1, 0.15) is 27.8 Å². The Hall–Kier alpha value is -8.59. The van der Waals surface area contributed by atoms with E-state index >= 15 is 26.3 Å². The van der Waals surface area contributed by atoms with Crippen molar-refractivity contribution in [3.8, 4) is 63.0 Å². The number of nitrogens with zero attached hydrogens (tertiary/aromatic N) is 5. The standard InChI is InChI=1S/C53H27F6N5/c54-52(55,56)42-14-7-15-43(53(57,58)59)50(42)51-48(63-44-16-3-1-12-38(44)40-26-36(18-20-46(40)63)34-10-5-8-31(22-34)28-60)24-33(30-62)25-49(51)64-45-17-4-2-13-39(45)41-27-37(19-21-47(41)64)35-11-6-9-32(23-35)29-61/h1-27H. The van der Waals surface area contributed by atoms with Gasteiger partial charge in [-0.15, -0.1) is 0 Å². The van der Waals surface area contributed by atoms with Crippen LogP contribution < -0.4 is 0 Å². The predicted octanol–water partition coefficient (Wildman–Crippen LogP) is 14.5. The molecule has 0 aliphatic heterocycles. The molecule has 0 amide bonds. The lowest BCUT2D eigenvalue weighted by atomic mass is 9.89. The number of rotatable bonds is 5. The second kappa shape index (κ2) is 14.8. The molecule has 0 aliphatic rings. The minimum atomic E-state index is -5.25. The molecule has 0 bridgehead atoms. The highest BCUT2D eigenvalue weighted by Gasteiger charge is 2.43. The number of hydrogen-bond acceptors (Lipinski definition) is 3. The van der Waals surface area contributed by atoms with Crippen molar-refractivity contribution in [1.82, 2.24) is 9.13 Å². The molecule has 11 heteroatoms. The molecule has 64 heavy (non-hydrogen) atoms. The van der Waals surface area contributed by atoms with E-state index in [-0.39, 0.29) is 16.9 Å². The normalized spacial score (nSPS) is 11.9. The van der Waals surface area contributed by atoms with Crippen molar-refractivity contribution in [2.24, 2.45) is 0 Å². The van der Waals surface area contributed by atoms with Gasteiger partial charge in [-0.1, -0.05) is 78.9 Å². The third-order valence-corrected chi connectivity index (χ3v) is 11.6. The van der Waals surface area contributed by atoms with Crippen molar-refractivity contribution >= 4 is 43.6 Å². The van der Waals surface area contributed by atoms with E-state index in [9.17, 15) is 15.8 Å². The van der Waals surface area contributed by atoms with Crippen LogP contribution >= 0.6 is 0 Å². The minimum absolute atomic E-state index is 0.0152. The Morgan fingerprint density at radius 3 is 1.16 bits per heavy atom. The number of aromatic nitrogens is 2. The van der Waals surface area contributed by atoms with Crippen molar-refractivity contribution in [1.29, 1.82) is 15.8 Å². The van der Waals surface area contributed by atoms with E-state index in [1.54, 1.807) is 106 Å². The van der Waals surface area contributed by atoms with Gasteiger partial charge in [0.2, 0.25) is 0 Å². The first kappa shape index (κ1) is 39.5. The molecule has 2 heterocycles. The molecular weight excluding hydrogens is 821 g/mol. The van der Waals surface area contributed by atoms with Crippen molar-refractivity contribution in [3.63, 3.8) is 0 Å². The van der Waals surface area contributed by atoms with Crippen molar-refractivity contribution in [2.45, 2.75) is 12.4 Å². The second-order valence-corrected chi connectivity index (χ2v) is 15.3. The number of fused-ring (bicyclic) bond motifs is 6. The predicted molar refractivity (Wildman–Crippen MR) is 236 cm³/mol. The molecule has 0 radical (unpaired) electrons. The molecular formula is C53H27F6N5. The summed E-state index contributed by atoms with van der Waals surface area (Å²) in [5, 5.41) is 32.5. The van der Waals surface area contributed by atoms with Gasteiger partial charge in [-0.2, -0.15) is 42.1 Å². The fourth-order valence-corrected chi connectivity index (χ4v) is 8.94. The summed E-state index contributed by atoms with van der Waals surface area (Å²) in [7, 11) is 0. The van der Waals surface area contributed by atoms with E-state index in [1.165, 1.54) is 12.1 Å². The summed E-state index contributed by atoms with van der Waals surface area (Å²) < 4.78 is 96.0. The molecule has 0 unspecified atom stereocenters. The van der Waals surface area contributed by atoms with Gasteiger partial charge in [0.1, 0.15) is 0 Å². The quantitative estimate of drug-likeness (QED) is 0.162. The van der Waals surface area contributed by atoms with E-state index < -0.39 is 34.6 Å². The number of benzene rings is 8. The van der Waals surface area contributed by atoms with Crippen LogP contribution in [0.25, 0.3) is 88.4 Å². The Bertz CT molecular complexity index is 3470. The maximum absolute atomic E-state index is 15.5. The van der Waals surface area contributed by atoms with Crippen LogP contribution in [0.3, 0.4) is 0 Å². The van der Waals surface area contributed by atoms with Crippen LogP contribution in [0.15, 0.2) is 164 Å². The van der Waals surface area contributed by atoms with Crippen LogP contribution in [0.4, 0.5) is 26.3 Å². The molecule has 0 N–H and O–H groups in total. The monoisotopic (exact) mass is 847 g/mol. The SMILES string of the molecule is N#Cc1cccc(-c2ccc3c(c2)c2ccccc2n3-c2cc(C#N)cc(-n3c4ccccc4c4cc(-c5cccc(C#N)c5)ccc43)c2-c2c(C(F)(F)F)cccc2C(F)(F)F)c1. The fraction of sp³-hybridized carbons (Fsp3) is 0.0377. The highest BCUT2D eigenvalue weighted by atomic mass is 19.4. The Labute approximate surface area is 360 Å². The summed E-state index contributed by atoms with van der Waals surface area (Å²) in [6.07, 6.45) is -10.5. The third kappa shape index (κ3) is 6.40. The summed E-state index contributed by atoms with van der Waals surface area (Å²) in [5.74, 6) is 0. The van der Waals surface area contributed by atoms with Gasteiger partial charge in [0.05, 0.1) is 79.5 Å². The highest BCUT2D eigenvalue weighted by molar-refractivity contribution is 6.13. The fourth-order valence-electron chi connectivity index (χ4n) is 8.94. The first-order valence-corrected chi connectivity index (χ1v) is 19.8. The largest absolute Gasteiger partial charge is 0.417 e.